The molecule has 4 atom stereocenters. The van der Waals surface area contributed by atoms with Crippen molar-refractivity contribution in [3.05, 3.63) is 108 Å². The average molecular weight is 476 g/mol. The van der Waals surface area contributed by atoms with Crippen LogP contribution in [-0.2, 0) is 23.7 Å². The van der Waals surface area contributed by atoms with Crippen molar-refractivity contribution in [3.8, 4) is 0 Å². The first-order valence-electron chi connectivity index (χ1n) is 11.0. The van der Waals surface area contributed by atoms with Crippen LogP contribution in [0.25, 0.3) is 0 Å². The molecule has 0 aromatic heterocycles. The van der Waals surface area contributed by atoms with E-state index < -0.39 is 42.5 Å². The summed E-state index contributed by atoms with van der Waals surface area (Å²) in [7, 11) is 1.38. The normalized spacial score (nSPS) is 21.2. The van der Waals surface area contributed by atoms with Gasteiger partial charge in [-0.25, -0.2) is 14.4 Å². The monoisotopic (exact) mass is 476 g/mol. The molecule has 1 aliphatic rings. The first kappa shape index (κ1) is 24.1. The van der Waals surface area contributed by atoms with E-state index in [1.54, 1.807) is 91.0 Å². The molecule has 0 saturated carbocycles. The maximum atomic E-state index is 12.8. The standard InChI is InChI=1S/C27H24O8/c1-31-27-23(35-26(30)20-15-9-4-10-16-20)22(34-25(29)19-13-7-3-8-14-19)21(33-27)17-32-24(28)18-11-5-2-6-12-18/h2-16,21-23,27H,17H2,1H3/t21-,22-,23+,27-/m1/s1. The molecule has 0 unspecified atom stereocenters. The second-order valence-electron chi connectivity index (χ2n) is 7.72. The molecule has 8 nitrogen and oxygen atoms in total. The Labute approximate surface area is 202 Å². The third-order valence-electron chi connectivity index (χ3n) is 5.39. The molecule has 0 aliphatic carbocycles. The van der Waals surface area contributed by atoms with E-state index in [1.165, 1.54) is 7.11 Å². The Morgan fingerprint density at radius 2 is 1.09 bits per heavy atom. The molecule has 1 saturated heterocycles. The highest BCUT2D eigenvalue weighted by Gasteiger charge is 2.50. The Morgan fingerprint density at radius 3 is 1.54 bits per heavy atom. The van der Waals surface area contributed by atoms with E-state index in [4.69, 9.17) is 23.7 Å². The fraction of sp³-hybridized carbons (Fsp3) is 0.222. The van der Waals surface area contributed by atoms with Gasteiger partial charge in [-0.1, -0.05) is 54.6 Å². The molecule has 4 rings (SSSR count). The first-order valence-corrected chi connectivity index (χ1v) is 11.0. The molecule has 0 radical (unpaired) electrons. The van der Waals surface area contributed by atoms with Crippen LogP contribution < -0.4 is 0 Å². The summed E-state index contributed by atoms with van der Waals surface area (Å²) in [6.07, 6.45) is -4.17. The number of esters is 3. The topological polar surface area (TPSA) is 97.4 Å². The third-order valence-corrected chi connectivity index (χ3v) is 5.39. The summed E-state index contributed by atoms with van der Waals surface area (Å²) in [6.45, 7) is -0.250. The summed E-state index contributed by atoms with van der Waals surface area (Å²) in [5.41, 5.74) is 0.981. The van der Waals surface area contributed by atoms with Crippen LogP contribution in [0.2, 0.25) is 0 Å². The zero-order valence-electron chi connectivity index (χ0n) is 18.9. The Bertz CT molecular complexity index is 1130. The van der Waals surface area contributed by atoms with E-state index >= 15 is 0 Å². The number of carbonyl (C=O) groups excluding carboxylic acids is 3. The minimum atomic E-state index is -1.10. The van der Waals surface area contributed by atoms with E-state index in [9.17, 15) is 14.4 Å². The smallest absolute Gasteiger partial charge is 0.338 e. The number of benzene rings is 3. The van der Waals surface area contributed by atoms with E-state index in [-0.39, 0.29) is 6.61 Å². The van der Waals surface area contributed by atoms with Crippen LogP contribution in [0.5, 0.6) is 0 Å². The molecule has 1 heterocycles. The van der Waals surface area contributed by atoms with Gasteiger partial charge in [-0.05, 0) is 36.4 Å². The van der Waals surface area contributed by atoms with Crippen LogP contribution in [0, 0.1) is 0 Å². The van der Waals surface area contributed by atoms with Gasteiger partial charge in [-0.3, -0.25) is 0 Å². The Balaban J connectivity index is 1.54. The van der Waals surface area contributed by atoms with E-state index in [0.717, 1.165) is 0 Å². The molecule has 0 spiro atoms. The molecule has 35 heavy (non-hydrogen) atoms. The Kier molecular flexibility index (Phi) is 7.87. The first-order chi connectivity index (χ1) is 17.1. The number of ether oxygens (including phenoxy) is 5. The molecule has 1 fully saturated rings. The molecule has 0 amide bonds. The Morgan fingerprint density at radius 1 is 0.657 bits per heavy atom. The van der Waals surface area contributed by atoms with Crippen LogP contribution in [0.4, 0.5) is 0 Å². The summed E-state index contributed by atoms with van der Waals surface area (Å²) >= 11 is 0. The van der Waals surface area contributed by atoms with Crippen molar-refractivity contribution < 1.29 is 38.1 Å². The quantitative estimate of drug-likeness (QED) is 0.359. The van der Waals surface area contributed by atoms with Gasteiger partial charge in [0.2, 0.25) is 0 Å². The number of hydrogen-bond acceptors (Lipinski definition) is 8. The molecule has 8 heteroatoms. The highest BCUT2D eigenvalue weighted by molar-refractivity contribution is 5.90. The highest BCUT2D eigenvalue weighted by atomic mass is 16.7. The zero-order chi connectivity index (χ0) is 24.6. The zero-order valence-corrected chi connectivity index (χ0v) is 18.9. The van der Waals surface area contributed by atoms with Crippen LogP contribution in [0.15, 0.2) is 91.0 Å². The molecule has 1 aliphatic heterocycles. The van der Waals surface area contributed by atoms with Crippen molar-refractivity contribution in [3.63, 3.8) is 0 Å². The van der Waals surface area contributed by atoms with Gasteiger partial charge in [0, 0.05) is 7.11 Å². The second kappa shape index (κ2) is 11.4. The number of carbonyl (C=O) groups is 3. The molecule has 3 aromatic carbocycles. The molecular formula is C27H24O8. The summed E-state index contributed by atoms with van der Waals surface area (Å²) < 4.78 is 28.0. The van der Waals surface area contributed by atoms with Crippen LogP contribution in [0.1, 0.15) is 31.1 Å². The average Bonchev–Trinajstić information content (AvgIpc) is 3.24. The number of rotatable bonds is 8. The van der Waals surface area contributed by atoms with Crippen molar-refractivity contribution in [1.29, 1.82) is 0 Å². The molecule has 180 valence electrons. The highest BCUT2D eigenvalue weighted by Crippen LogP contribution is 2.29. The van der Waals surface area contributed by atoms with Gasteiger partial charge in [0.05, 0.1) is 16.7 Å². The van der Waals surface area contributed by atoms with Crippen molar-refractivity contribution >= 4 is 17.9 Å². The van der Waals surface area contributed by atoms with Crippen LogP contribution in [0.3, 0.4) is 0 Å². The predicted molar refractivity (Wildman–Crippen MR) is 124 cm³/mol. The maximum absolute atomic E-state index is 12.8. The van der Waals surface area contributed by atoms with Gasteiger partial charge in [0.25, 0.3) is 0 Å². The largest absolute Gasteiger partial charge is 0.459 e. The lowest BCUT2D eigenvalue weighted by molar-refractivity contribution is -0.155. The van der Waals surface area contributed by atoms with Gasteiger partial charge in [0.1, 0.15) is 12.7 Å². The number of hydrogen-bond donors (Lipinski definition) is 0. The van der Waals surface area contributed by atoms with E-state index in [2.05, 4.69) is 0 Å². The molecule has 0 N–H and O–H groups in total. The summed E-state index contributed by atoms with van der Waals surface area (Å²) in [6, 6.07) is 25.2. The van der Waals surface area contributed by atoms with Gasteiger partial charge in [0.15, 0.2) is 18.5 Å². The minimum absolute atomic E-state index is 0.250. The Hall–Kier alpha value is -4.01. The molecule has 3 aromatic rings. The van der Waals surface area contributed by atoms with Crippen molar-refractivity contribution in [2.45, 2.75) is 24.6 Å². The summed E-state index contributed by atoms with van der Waals surface area (Å²) in [4.78, 5) is 38.0. The van der Waals surface area contributed by atoms with E-state index in [1.807, 2.05) is 0 Å². The van der Waals surface area contributed by atoms with Gasteiger partial charge < -0.3 is 23.7 Å². The SMILES string of the molecule is CO[C@@H]1O[C@H](COC(=O)c2ccccc2)[C@@H](OC(=O)c2ccccc2)[C@@H]1OC(=O)c1ccccc1. The van der Waals surface area contributed by atoms with Crippen molar-refractivity contribution in [2.75, 3.05) is 13.7 Å². The van der Waals surface area contributed by atoms with Gasteiger partial charge in [-0.2, -0.15) is 0 Å². The third kappa shape index (κ3) is 5.92. The predicted octanol–water partition coefficient (Wildman–Crippen LogP) is 3.67. The minimum Gasteiger partial charge on any atom is -0.459 e. The second-order valence-corrected chi connectivity index (χ2v) is 7.72. The van der Waals surface area contributed by atoms with Crippen LogP contribution >= 0.6 is 0 Å². The van der Waals surface area contributed by atoms with Crippen LogP contribution in [-0.4, -0.2) is 56.2 Å². The van der Waals surface area contributed by atoms with Gasteiger partial charge >= 0.3 is 17.9 Å². The summed E-state index contributed by atoms with van der Waals surface area (Å²) in [5, 5.41) is 0. The van der Waals surface area contributed by atoms with Gasteiger partial charge in [-0.15, -0.1) is 0 Å². The van der Waals surface area contributed by atoms with Crippen molar-refractivity contribution in [2.24, 2.45) is 0 Å². The van der Waals surface area contributed by atoms with E-state index in [0.29, 0.717) is 16.7 Å². The fourth-order valence-corrected chi connectivity index (χ4v) is 3.63. The molecule has 0 bridgehead atoms. The summed E-state index contributed by atoms with van der Waals surface area (Å²) in [5.74, 6) is -1.85. The fourth-order valence-electron chi connectivity index (χ4n) is 3.63. The molecular weight excluding hydrogens is 452 g/mol. The lowest BCUT2D eigenvalue weighted by Crippen LogP contribution is -2.42. The number of methoxy groups -OCH3 is 1. The lowest BCUT2D eigenvalue weighted by atomic mass is 10.1. The van der Waals surface area contributed by atoms with Crippen molar-refractivity contribution in [1.82, 2.24) is 0 Å². The lowest BCUT2D eigenvalue weighted by Gasteiger charge is -2.24. The maximum Gasteiger partial charge on any atom is 0.338 e.